The molecular weight excluding hydrogens is 376 g/mol. The van der Waals surface area contributed by atoms with Crippen molar-refractivity contribution in [3.05, 3.63) is 77.1 Å². The average molecular weight is 412 g/mol. The van der Waals surface area contributed by atoms with Crippen LogP contribution < -0.4 is 0 Å². The van der Waals surface area contributed by atoms with Crippen molar-refractivity contribution in [2.24, 2.45) is 11.8 Å². The second-order valence-corrected chi connectivity index (χ2v) is 19.5. The van der Waals surface area contributed by atoms with Crippen LogP contribution in [-0.4, -0.2) is 7.63 Å². The molecule has 0 N–H and O–H groups in total. The van der Waals surface area contributed by atoms with Crippen LogP contribution in [0.4, 0.5) is 0 Å². The van der Waals surface area contributed by atoms with Gasteiger partial charge in [0.15, 0.2) is 0 Å². The Bertz CT molecular complexity index is 897. The number of benzene rings is 1. The van der Waals surface area contributed by atoms with Gasteiger partial charge in [-0.2, -0.15) is 0 Å². The maximum absolute atomic E-state index is 2.51. The Labute approximate surface area is 171 Å². The summed E-state index contributed by atoms with van der Waals surface area (Å²) in [4.78, 5) is 0. The fraction of sp³-hybridized carbons (Fsp3) is 0.440. The molecule has 1 aromatic carbocycles. The molecule has 0 nitrogen and oxygen atoms in total. The summed E-state index contributed by atoms with van der Waals surface area (Å²) in [5.74, 6) is 1.22. The van der Waals surface area contributed by atoms with Crippen LogP contribution >= 0.6 is 0 Å². The Morgan fingerprint density at radius 2 is 1.11 bits per heavy atom. The summed E-state index contributed by atoms with van der Waals surface area (Å²) >= 11 is -2.51. The first kappa shape index (κ1) is 20.8. The molecule has 0 aliphatic heterocycles. The van der Waals surface area contributed by atoms with E-state index in [4.69, 9.17) is 0 Å². The molecule has 0 spiro atoms. The Balaban J connectivity index is 2.23. The molecule has 0 heterocycles. The molecule has 2 heteroatoms. The molecule has 27 heavy (non-hydrogen) atoms. The van der Waals surface area contributed by atoms with E-state index in [9.17, 15) is 0 Å². The summed E-state index contributed by atoms with van der Waals surface area (Å²) < 4.78 is 4.96. The van der Waals surface area contributed by atoms with Gasteiger partial charge in [0.05, 0.1) is 0 Å². The quantitative estimate of drug-likeness (QED) is 0.502. The van der Waals surface area contributed by atoms with E-state index < -0.39 is 15.3 Å². The van der Waals surface area contributed by atoms with Gasteiger partial charge < -0.3 is 0 Å². The van der Waals surface area contributed by atoms with Gasteiger partial charge in [0.1, 0.15) is 0 Å². The Morgan fingerprint density at radius 1 is 0.704 bits per heavy atom. The Hall–Kier alpha value is -0.889. The van der Waals surface area contributed by atoms with Crippen LogP contribution in [0.2, 0.25) is 0 Å². The fourth-order valence-corrected chi connectivity index (χ4v) is 20.1. The minimum absolute atomic E-state index is 0.611. The number of hydrogen-bond donors (Lipinski definition) is 0. The average Bonchev–Trinajstić information content (AvgIpc) is 2.96. The van der Waals surface area contributed by atoms with Crippen molar-refractivity contribution in [3.8, 4) is 0 Å². The second kappa shape index (κ2) is 7.50. The molecule has 0 bridgehead atoms. The van der Waals surface area contributed by atoms with E-state index >= 15 is 0 Å². The summed E-state index contributed by atoms with van der Waals surface area (Å²) in [7, 11) is 2.43. The van der Waals surface area contributed by atoms with Crippen molar-refractivity contribution in [1.82, 2.24) is 0 Å². The zero-order valence-corrected chi connectivity index (χ0v) is 21.4. The molecule has 0 amide bonds. The normalized spacial score (nSPS) is 25.8. The number of rotatable bonds is 4. The van der Waals surface area contributed by atoms with Crippen LogP contribution in [0.15, 0.2) is 71.5 Å². The summed E-state index contributed by atoms with van der Waals surface area (Å²) in [6.45, 7) is 19.1. The molecule has 0 saturated heterocycles. The maximum atomic E-state index is 2.46. The van der Waals surface area contributed by atoms with Gasteiger partial charge >= 0.3 is 172 Å². The van der Waals surface area contributed by atoms with Crippen LogP contribution in [0.25, 0.3) is 0 Å². The topological polar surface area (TPSA) is 0 Å². The summed E-state index contributed by atoms with van der Waals surface area (Å²) in [6.07, 6.45) is 0. The van der Waals surface area contributed by atoms with Crippen LogP contribution in [0.1, 0.15) is 61.0 Å². The van der Waals surface area contributed by atoms with Crippen LogP contribution in [0.3, 0.4) is 0 Å². The SMILES string of the molecule is CC1=C(C)C(C)[C]([Ti](=[SiH2])([CH2]c2ccccc2)[C]2=C(C)C(C)=C(C)C2C)=C1C. The van der Waals surface area contributed by atoms with Crippen molar-refractivity contribution in [3.63, 3.8) is 0 Å². The molecule has 2 atom stereocenters. The van der Waals surface area contributed by atoms with Crippen LogP contribution in [-0.2, 0) is 20.1 Å². The third kappa shape index (κ3) is 3.26. The van der Waals surface area contributed by atoms with Crippen molar-refractivity contribution >= 4 is 7.63 Å². The second-order valence-electron chi connectivity index (χ2n) is 8.88. The summed E-state index contributed by atoms with van der Waals surface area (Å²) in [5.41, 5.74) is 11.1. The minimum atomic E-state index is -2.51. The van der Waals surface area contributed by atoms with Gasteiger partial charge in [-0.1, -0.05) is 0 Å². The molecule has 2 aliphatic carbocycles. The van der Waals surface area contributed by atoms with Crippen molar-refractivity contribution < 1.29 is 15.3 Å². The molecule has 0 radical (unpaired) electrons. The standard InChI is InChI=1S/2C9H13.C7H7.H2Si.Ti/c2*1-6-5-7(2)9(4)8(6)3;1-7-5-3-2-4-6-7;;/h2*6H,1-4H3;2-6H,1H2;1H2;. The zero-order valence-electron chi connectivity index (χ0n) is 18.5. The van der Waals surface area contributed by atoms with E-state index in [0.717, 1.165) is 0 Å². The van der Waals surface area contributed by atoms with Gasteiger partial charge in [0.2, 0.25) is 0 Å². The van der Waals surface area contributed by atoms with E-state index in [2.05, 4.69) is 93.4 Å². The van der Waals surface area contributed by atoms with Crippen LogP contribution in [0, 0.1) is 11.8 Å². The molecule has 0 saturated carbocycles. The fourth-order valence-electron chi connectivity index (χ4n) is 5.55. The molecule has 143 valence electrons. The molecule has 1 aromatic rings. The third-order valence-electron chi connectivity index (χ3n) is 7.66. The summed E-state index contributed by atoms with van der Waals surface area (Å²) in [5, 5.41) is 0. The monoisotopic (exact) mass is 411 g/mol. The van der Waals surface area contributed by atoms with E-state index in [-0.39, 0.29) is 0 Å². The predicted molar refractivity (Wildman–Crippen MR) is 119 cm³/mol. The first-order valence-electron chi connectivity index (χ1n) is 10.3. The van der Waals surface area contributed by atoms with Gasteiger partial charge in [-0.05, 0) is 0 Å². The van der Waals surface area contributed by atoms with Crippen molar-refractivity contribution in [1.29, 1.82) is 0 Å². The summed E-state index contributed by atoms with van der Waals surface area (Å²) in [6, 6.07) is 11.3. The van der Waals surface area contributed by atoms with E-state index in [1.54, 1.807) is 33.4 Å². The van der Waals surface area contributed by atoms with Gasteiger partial charge in [0, 0.05) is 0 Å². The molecule has 3 rings (SSSR count). The predicted octanol–water partition coefficient (Wildman–Crippen LogP) is 6.41. The van der Waals surface area contributed by atoms with E-state index in [1.165, 1.54) is 10.3 Å². The Kier molecular flexibility index (Phi) is 5.79. The van der Waals surface area contributed by atoms with E-state index in [0.29, 0.717) is 11.8 Å². The van der Waals surface area contributed by atoms with Crippen molar-refractivity contribution in [2.45, 2.75) is 60.1 Å². The van der Waals surface area contributed by atoms with Gasteiger partial charge in [-0.3, -0.25) is 0 Å². The van der Waals surface area contributed by atoms with Gasteiger partial charge in [0.25, 0.3) is 0 Å². The number of hydrogen-bond acceptors (Lipinski definition) is 0. The van der Waals surface area contributed by atoms with Gasteiger partial charge in [-0.25, -0.2) is 0 Å². The first-order valence-corrected chi connectivity index (χ1v) is 17.0. The number of allylic oxidation sites excluding steroid dienone is 8. The zero-order chi connectivity index (χ0) is 20.1. The van der Waals surface area contributed by atoms with Crippen LogP contribution in [0.5, 0.6) is 0 Å². The van der Waals surface area contributed by atoms with Crippen molar-refractivity contribution in [2.75, 3.05) is 0 Å². The molecular formula is C25H35SiTi. The first-order chi connectivity index (χ1) is 12.6. The van der Waals surface area contributed by atoms with Gasteiger partial charge in [-0.15, -0.1) is 0 Å². The molecule has 0 fully saturated rings. The molecule has 2 aliphatic rings. The molecule has 0 aromatic heterocycles. The Morgan fingerprint density at radius 3 is 1.44 bits per heavy atom. The third-order valence-corrected chi connectivity index (χ3v) is 19.2. The molecule has 2 unspecified atom stereocenters. The van der Waals surface area contributed by atoms with E-state index in [1.807, 2.05) is 7.76 Å².